The van der Waals surface area contributed by atoms with E-state index in [2.05, 4.69) is 11.1 Å². The summed E-state index contributed by atoms with van der Waals surface area (Å²) in [5, 5.41) is 0.347. The number of aromatic nitrogens is 1. The molecule has 2 aliphatic heterocycles. The Bertz CT molecular complexity index is 775. The number of benzene rings is 1. The van der Waals surface area contributed by atoms with Gasteiger partial charge in [-0.15, -0.1) is 0 Å². The number of amides is 1. The normalized spacial score (nSPS) is 19.4. The molecule has 1 aromatic heterocycles. The first-order valence-corrected chi connectivity index (χ1v) is 8.40. The highest BCUT2D eigenvalue weighted by atomic mass is 35.5. The Balaban J connectivity index is 1.54. The number of ether oxygens (including phenoxy) is 2. The first kappa shape index (κ1) is 15.4. The predicted octanol–water partition coefficient (Wildman–Crippen LogP) is 3.11. The van der Waals surface area contributed by atoms with Crippen LogP contribution in [0, 0.1) is 0 Å². The van der Waals surface area contributed by atoms with Crippen LogP contribution in [0.1, 0.15) is 22.3 Å². The fourth-order valence-corrected chi connectivity index (χ4v) is 3.31. The van der Waals surface area contributed by atoms with Gasteiger partial charge in [0.2, 0.25) is 5.88 Å². The first-order valence-electron chi connectivity index (χ1n) is 8.02. The van der Waals surface area contributed by atoms with Gasteiger partial charge in [0.05, 0.1) is 18.8 Å². The van der Waals surface area contributed by atoms with E-state index in [-0.39, 0.29) is 12.0 Å². The molecular formula is C18H17ClN2O3. The van der Waals surface area contributed by atoms with E-state index in [4.69, 9.17) is 21.1 Å². The van der Waals surface area contributed by atoms with Crippen LogP contribution in [-0.2, 0) is 11.2 Å². The largest absolute Gasteiger partial charge is 0.471 e. The Hall–Kier alpha value is -2.11. The number of rotatable bonds is 3. The van der Waals surface area contributed by atoms with Gasteiger partial charge in [-0.2, -0.15) is 0 Å². The monoisotopic (exact) mass is 344 g/mol. The molecule has 5 nitrogen and oxygen atoms in total. The maximum atomic E-state index is 12.8. The molecule has 124 valence electrons. The molecule has 0 bridgehead atoms. The van der Waals surface area contributed by atoms with Crippen molar-refractivity contribution in [3.05, 3.63) is 52.7 Å². The standard InChI is InChI=1S/C18H17ClN2O3/c19-15-9-13(10-20-17(15)24-14-6-8-23-11-14)18(22)21-7-5-12-3-1-2-4-16(12)21/h1-4,9-10,14H,5-8,11H2. The van der Waals surface area contributed by atoms with Crippen LogP contribution in [0.2, 0.25) is 5.02 Å². The average molecular weight is 345 g/mol. The van der Waals surface area contributed by atoms with Crippen molar-refractivity contribution in [2.24, 2.45) is 0 Å². The van der Waals surface area contributed by atoms with Crippen molar-refractivity contribution in [2.75, 3.05) is 24.7 Å². The average Bonchev–Trinajstić information content (AvgIpc) is 3.25. The number of halogens is 1. The summed E-state index contributed by atoms with van der Waals surface area (Å²) in [5.41, 5.74) is 2.61. The summed E-state index contributed by atoms with van der Waals surface area (Å²) in [6.07, 6.45) is 3.19. The quantitative estimate of drug-likeness (QED) is 0.858. The number of pyridine rings is 1. The minimum atomic E-state index is -0.0925. The van der Waals surface area contributed by atoms with Crippen molar-refractivity contribution in [3.63, 3.8) is 0 Å². The number of hydrogen-bond donors (Lipinski definition) is 0. The molecule has 0 saturated carbocycles. The van der Waals surface area contributed by atoms with Crippen molar-refractivity contribution >= 4 is 23.2 Å². The molecule has 0 aliphatic carbocycles. The molecule has 1 aromatic carbocycles. The smallest absolute Gasteiger partial charge is 0.259 e. The van der Waals surface area contributed by atoms with Gasteiger partial charge < -0.3 is 14.4 Å². The SMILES string of the molecule is O=C(c1cnc(OC2CCOC2)c(Cl)c1)N1CCc2ccccc21. The molecule has 2 aliphatic rings. The molecule has 1 saturated heterocycles. The number of carbonyl (C=O) groups excluding carboxylic acids is 1. The second kappa shape index (κ2) is 6.42. The summed E-state index contributed by atoms with van der Waals surface area (Å²) in [6.45, 7) is 1.91. The minimum absolute atomic E-state index is 0.0259. The Labute approximate surface area is 145 Å². The van der Waals surface area contributed by atoms with Gasteiger partial charge in [-0.05, 0) is 24.1 Å². The zero-order valence-electron chi connectivity index (χ0n) is 13.1. The molecule has 2 aromatic rings. The van der Waals surface area contributed by atoms with Gasteiger partial charge in [-0.3, -0.25) is 4.79 Å². The van der Waals surface area contributed by atoms with Crippen LogP contribution in [0.25, 0.3) is 0 Å². The number of hydrogen-bond acceptors (Lipinski definition) is 4. The molecule has 4 rings (SSSR count). The van der Waals surface area contributed by atoms with Crippen molar-refractivity contribution in [1.82, 2.24) is 4.98 Å². The van der Waals surface area contributed by atoms with Crippen molar-refractivity contribution in [3.8, 4) is 5.88 Å². The van der Waals surface area contributed by atoms with Crippen LogP contribution in [0.5, 0.6) is 5.88 Å². The zero-order valence-corrected chi connectivity index (χ0v) is 13.8. The Kier molecular flexibility index (Phi) is 4.12. The molecule has 0 radical (unpaired) electrons. The van der Waals surface area contributed by atoms with Gasteiger partial charge in [0, 0.05) is 24.8 Å². The summed E-state index contributed by atoms with van der Waals surface area (Å²) >= 11 is 6.26. The van der Waals surface area contributed by atoms with Crippen LogP contribution in [0.3, 0.4) is 0 Å². The lowest BCUT2D eigenvalue weighted by Gasteiger charge is -2.18. The van der Waals surface area contributed by atoms with E-state index in [0.29, 0.717) is 36.2 Å². The van der Waals surface area contributed by atoms with Gasteiger partial charge in [-0.1, -0.05) is 29.8 Å². The Morgan fingerprint density at radius 2 is 2.25 bits per heavy atom. The molecule has 24 heavy (non-hydrogen) atoms. The van der Waals surface area contributed by atoms with E-state index in [1.54, 1.807) is 11.0 Å². The molecule has 1 unspecified atom stereocenters. The van der Waals surface area contributed by atoms with E-state index in [1.165, 1.54) is 11.8 Å². The van der Waals surface area contributed by atoms with Crippen molar-refractivity contribution in [2.45, 2.75) is 18.9 Å². The molecule has 1 fully saturated rings. The summed E-state index contributed by atoms with van der Waals surface area (Å²) in [7, 11) is 0. The van der Waals surface area contributed by atoms with Crippen molar-refractivity contribution in [1.29, 1.82) is 0 Å². The molecule has 0 N–H and O–H groups in total. The Morgan fingerprint density at radius 1 is 1.38 bits per heavy atom. The van der Waals surface area contributed by atoms with Gasteiger partial charge in [0.1, 0.15) is 11.1 Å². The number of para-hydroxylation sites is 1. The summed E-state index contributed by atoms with van der Waals surface area (Å²) in [6, 6.07) is 9.57. The number of nitrogens with zero attached hydrogens (tertiary/aromatic N) is 2. The van der Waals surface area contributed by atoms with Crippen LogP contribution in [0.15, 0.2) is 36.5 Å². The van der Waals surface area contributed by atoms with Crippen LogP contribution < -0.4 is 9.64 Å². The highest BCUT2D eigenvalue weighted by molar-refractivity contribution is 6.32. The third-order valence-corrected chi connectivity index (χ3v) is 4.62. The van der Waals surface area contributed by atoms with E-state index in [0.717, 1.165) is 18.5 Å². The predicted molar refractivity (Wildman–Crippen MR) is 90.9 cm³/mol. The number of carbonyl (C=O) groups is 1. The molecule has 3 heterocycles. The van der Waals surface area contributed by atoms with Crippen LogP contribution in [-0.4, -0.2) is 36.8 Å². The van der Waals surface area contributed by atoms with E-state index < -0.39 is 0 Å². The lowest BCUT2D eigenvalue weighted by Crippen LogP contribution is -2.29. The fourth-order valence-electron chi connectivity index (χ4n) is 3.10. The maximum absolute atomic E-state index is 12.8. The van der Waals surface area contributed by atoms with E-state index >= 15 is 0 Å². The third-order valence-electron chi connectivity index (χ3n) is 4.35. The second-order valence-corrected chi connectivity index (χ2v) is 6.36. The molecule has 6 heteroatoms. The van der Waals surface area contributed by atoms with E-state index in [1.807, 2.05) is 18.2 Å². The molecule has 1 amide bonds. The number of fused-ring (bicyclic) bond motifs is 1. The van der Waals surface area contributed by atoms with Gasteiger partial charge in [0.25, 0.3) is 5.91 Å². The lowest BCUT2D eigenvalue weighted by atomic mass is 10.2. The zero-order chi connectivity index (χ0) is 16.5. The second-order valence-electron chi connectivity index (χ2n) is 5.95. The highest BCUT2D eigenvalue weighted by Gasteiger charge is 2.26. The Morgan fingerprint density at radius 3 is 3.04 bits per heavy atom. The molecular weight excluding hydrogens is 328 g/mol. The fraction of sp³-hybridized carbons (Fsp3) is 0.333. The topological polar surface area (TPSA) is 51.7 Å². The lowest BCUT2D eigenvalue weighted by molar-refractivity contribution is 0.0988. The van der Waals surface area contributed by atoms with Crippen LogP contribution >= 0.6 is 11.6 Å². The summed E-state index contributed by atoms with van der Waals surface area (Å²) in [4.78, 5) is 18.8. The maximum Gasteiger partial charge on any atom is 0.259 e. The number of anilines is 1. The van der Waals surface area contributed by atoms with Crippen LogP contribution in [0.4, 0.5) is 5.69 Å². The van der Waals surface area contributed by atoms with Gasteiger partial charge >= 0.3 is 0 Å². The molecule has 0 spiro atoms. The van der Waals surface area contributed by atoms with E-state index in [9.17, 15) is 4.79 Å². The summed E-state index contributed by atoms with van der Waals surface area (Å²) < 4.78 is 11.0. The van der Waals surface area contributed by atoms with Crippen molar-refractivity contribution < 1.29 is 14.3 Å². The third kappa shape index (κ3) is 2.85. The van der Waals surface area contributed by atoms with Gasteiger partial charge in [-0.25, -0.2) is 4.98 Å². The summed E-state index contributed by atoms with van der Waals surface area (Å²) in [5.74, 6) is 0.260. The molecule has 1 atom stereocenters. The minimum Gasteiger partial charge on any atom is -0.471 e. The first-order chi connectivity index (χ1) is 11.7. The van der Waals surface area contributed by atoms with Gasteiger partial charge in [0.15, 0.2) is 0 Å². The highest BCUT2D eigenvalue weighted by Crippen LogP contribution is 2.30.